The molecule has 1 saturated heterocycles. The summed E-state index contributed by atoms with van der Waals surface area (Å²) in [4.78, 5) is 22.4. The van der Waals surface area contributed by atoms with Crippen molar-refractivity contribution in [3.63, 3.8) is 0 Å². The third-order valence-corrected chi connectivity index (χ3v) is 4.39. The minimum absolute atomic E-state index is 0.173. The largest absolute Gasteiger partial charge is 0.364 e. The molecule has 0 atom stereocenters. The zero-order chi connectivity index (χ0) is 16.4. The second kappa shape index (κ2) is 6.28. The van der Waals surface area contributed by atoms with Crippen molar-refractivity contribution in [1.29, 1.82) is 0 Å². The predicted octanol–water partition coefficient (Wildman–Crippen LogP) is 2.50. The monoisotopic (exact) mass is 318 g/mol. The highest BCUT2D eigenvalue weighted by molar-refractivity contribution is 5.90. The standard InChI is InChI=1S/C19H18N4O/c24-19(10-15-6-3-5-14-4-1-2-7-17(14)15)23-11-16(12-23)22-18-8-9-20-13-21-18/h1-9,13,16H,10-12H2,(H,20,21,22). The van der Waals surface area contributed by atoms with E-state index in [1.54, 1.807) is 6.20 Å². The van der Waals surface area contributed by atoms with Crippen molar-refractivity contribution < 1.29 is 4.79 Å². The number of hydrogen-bond donors (Lipinski definition) is 1. The highest BCUT2D eigenvalue weighted by Gasteiger charge is 2.30. The molecule has 0 unspecified atom stereocenters. The Kier molecular flexibility index (Phi) is 3.83. The summed E-state index contributed by atoms with van der Waals surface area (Å²) < 4.78 is 0. The Morgan fingerprint density at radius 2 is 1.96 bits per heavy atom. The first-order chi connectivity index (χ1) is 11.8. The Labute approximate surface area is 140 Å². The van der Waals surface area contributed by atoms with Gasteiger partial charge < -0.3 is 10.2 Å². The molecule has 3 aromatic rings. The number of nitrogens with zero attached hydrogens (tertiary/aromatic N) is 3. The van der Waals surface area contributed by atoms with Crippen molar-refractivity contribution in [1.82, 2.24) is 14.9 Å². The summed E-state index contributed by atoms with van der Waals surface area (Å²) in [7, 11) is 0. The summed E-state index contributed by atoms with van der Waals surface area (Å²) in [5.41, 5.74) is 1.09. The van der Waals surface area contributed by atoms with E-state index >= 15 is 0 Å². The average molecular weight is 318 g/mol. The maximum atomic E-state index is 12.5. The molecule has 120 valence electrons. The molecule has 1 fully saturated rings. The molecule has 1 aliphatic rings. The van der Waals surface area contributed by atoms with Gasteiger partial charge in [-0.2, -0.15) is 0 Å². The molecule has 0 saturated carbocycles. The van der Waals surface area contributed by atoms with Gasteiger partial charge in [0, 0.05) is 19.3 Å². The van der Waals surface area contributed by atoms with Crippen LogP contribution >= 0.6 is 0 Å². The minimum atomic E-state index is 0.173. The van der Waals surface area contributed by atoms with E-state index in [1.165, 1.54) is 11.7 Å². The normalized spacial score (nSPS) is 14.4. The molecule has 4 rings (SSSR count). The molecular weight excluding hydrogens is 300 g/mol. The Bertz CT molecular complexity index is 854. The summed E-state index contributed by atoms with van der Waals surface area (Å²) >= 11 is 0. The van der Waals surface area contributed by atoms with Crippen LogP contribution in [0.1, 0.15) is 5.56 Å². The second-order valence-corrected chi connectivity index (χ2v) is 6.05. The number of fused-ring (bicyclic) bond motifs is 1. The van der Waals surface area contributed by atoms with Crippen LogP contribution in [0.2, 0.25) is 0 Å². The summed E-state index contributed by atoms with van der Waals surface area (Å²) in [6, 6.07) is 16.4. The first kappa shape index (κ1) is 14.6. The van der Waals surface area contributed by atoms with Crippen molar-refractivity contribution >= 4 is 22.5 Å². The van der Waals surface area contributed by atoms with E-state index in [2.05, 4.69) is 33.5 Å². The van der Waals surface area contributed by atoms with Crippen LogP contribution in [0.4, 0.5) is 5.82 Å². The molecule has 1 aromatic heterocycles. The lowest BCUT2D eigenvalue weighted by Gasteiger charge is -2.40. The van der Waals surface area contributed by atoms with Gasteiger partial charge in [0.15, 0.2) is 0 Å². The van der Waals surface area contributed by atoms with Gasteiger partial charge in [0.25, 0.3) is 0 Å². The smallest absolute Gasteiger partial charge is 0.227 e. The van der Waals surface area contributed by atoms with Crippen LogP contribution in [-0.2, 0) is 11.2 Å². The first-order valence-corrected chi connectivity index (χ1v) is 8.06. The van der Waals surface area contributed by atoms with Crippen molar-refractivity contribution in [3.05, 3.63) is 66.6 Å². The Morgan fingerprint density at radius 1 is 1.12 bits per heavy atom. The van der Waals surface area contributed by atoms with Crippen molar-refractivity contribution in [3.8, 4) is 0 Å². The highest BCUT2D eigenvalue weighted by atomic mass is 16.2. The van der Waals surface area contributed by atoms with Gasteiger partial charge >= 0.3 is 0 Å². The quantitative estimate of drug-likeness (QED) is 0.803. The minimum Gasteiger partial charge on any atom is -0.364 e. The summed E-state index contributed by atoms with van der Waals surface area (Å²) in [6.07, 6.45) is 3.67. The molecule has 0 aliphatic carbocycles. The predicted molar refractivity (Wildman–Crippen MR) is 93.7 cm³/mol. The average Bonchev–Trinajstić information content (AvgIpc) is 2.59. The highest BCUT2D eigenvalue weighted by Crippen LogP contribution is 2.21. The molecule has 1 N–H and O–H groups in total. The van der Waals surface area contributed by atoms with E-state index < -0.39 is 0 Å². The lowest BCUT2D eigenvalue weighted by atomic mass is 10.0. The summed E-state index contributed by atoms with van der Waals surface area (Å²) in [5.74, 6) is 0.975. The molecule has 0 bridgehead atoms. The summed E-state index contributed by atoms with van der Waals surface area (Å²) in [5, 5.41) is 5.64. The van der Waals surface area contributed by atoms with E-state index in [0.717, 1.165) is 16.8 Å². The molecule has 2 aromatic carbocycles. The van der Waals surface area contributed by atoms with Crippen LogP contribution in [0, 0.1) is 0 Å². The molecule has 0 radical (unpaired) electrons. The molecule has 5 nitrogen and oxygen atoms in total. The number of likely N-dealkylation sites (tertiary alicyclic amines) is 1. The van der Waals surface area contributed by atoms with E-state index in [4.69, 9.17) is 0 Å². The Balaban J connectivity index is 1.38. The van der Waals surface area contributed by atoms with Crippen LogP contribution < -0.4 is 5.32 Å². The number of anilines is 1. The molecule has 1 aliphatic heterocycles. The maximum Gasteiger partial charge on any atom is 0.227 e. The fourth-order valence-electron chi connectivity index (χ4n) is 3.08. The molecule has 5 heteroatoms. The van der Waals surface area contributed by atoms with Crippen LogP contribution in [0.25, 0.3) is 10.8 Å². The first-order valence-electron chi connectivity index (χ1n) is 8.06. The fraction of sp³-hybridized carbons (Fsp3) is 0.211. The third-order valence-electron chi connectivity index (χ3n) is 4.39. The number of benzene rings is 2. The molecule has 0 spiro atoms. The maximum absolute atomic E-state index is 12.5. The van der Waals surface area contributed by atoms with Crippen molar-refractivity contribution in [2.45, 2.75) is 12.5 Å². The molecule has 1 amide bonds. The third kappa shape index (κ3) is 2.93. The lowest BCUT2D eigenvalue weighted by molar-refractivity contribution is -0.134. The molecule has 2 heterocycles. The van der Waals surface area contributed by atoms with Crippen molar-refractivity contribution in [2.75, 3.05) is 18.4 Å². The zero-order valence-electron chi connectivity index (χ0n) is 13.2. The van der Waals surface area contributed by atoms with E-state index in [0.29, 0.717) is 19.5 Å². The number of amides is 1. The SMILES string of the molecule is O=C(Cc1cccc2ccccc12)N1CC(Nc2ccncn2)C1. The number of aromatic nitrogens is 2. The van der Waals surface area contributed by atoms with Crippen LogP contribution in [0.15, 0.2) is 61.1 Å². The van der Waals surface area contributed by atoms with Crippen LogP contribution in [0.5, 0.6) is 0 Å². The number of nitrogens with one attached hydrogen (secondary N) is 1. The van der Waals surface area contributed by atoms with Gasteiger partial charge in [-0.05, 0) is 22.4 Å². The van der Waals surface area contributed by atoms with Crippen LogP contribution in [0.3, 0.4) is 0 Å². The van der Waals surface area contributed by atoms with Gasteiger partial charge in [0.1, 0.15) is 12.1 Å². The number of carbonyl (C=O) groups is 1. The Hall–Kier alpha value is -2.95. The lowest BCUT2D eigenvalue weighted by Crippen LogP contribution is -2.57. The van der Waals surface area contributed by atoms with E-state index in [1.807, 2.05) is 35.2 Å². The van der Waals surface area contributed by atoms with Gasteiger partial charge in [0.05, 0.1) is 12.5 Å². The number of carbonyl (C=O) groups excluding carboxylic acids is 1. The van der Waals surface area contributed by atoms with Gasteiger partial charge in [-0.3, -0.25) is 4.79 Å². The zero-order valence-corrected chi connectivity index (χ0v) is 13.2. The van der Waals surface area contributed by atoms with Crippen molar-refractivity contribution in [2.24, 2.45) is 0 Å². The second-order valence-electron chi connectivity index (χ2n) is 6.05. The fourth-order valence-corrected chi connectivity index (χ4v) is 3.08. The van der Waals surface area contributed by atoms with E-state index in [9.17, 15) is 4.79 Å². The van der Waals surface area contributed by atoms with Gasteiger partial charge in [-0.1, -0.05) is 42.5 Å². The van der Waals surface area contributed by atoms with Crippen LogP contribution in [-0.4, -0.2) is 39.9 Å². The van der Waals surface area contributed by atoms with E-state index in [-0.39, 0.29) is 11.9 Å². The summed E-state index contributed by atoms with van der Waals surface area (Å²) in [6.45, 7) is 1.43. The molecular formula is C19H18N4O. The van der Waals surface area contributed by atoms with Gasteiger partial charge in [-0.25, -0.2) is 9.97 Å². The number of hydrogen-bond acceptors (Lipinski definition) is 4. The molecule has 24 heavy (non-hydrogen) atoms. The Morgan fingerprint density at radius 3 is 2.79 bits per heavy atom. The van der Waals surface area contributed by atoms with Gasteiger partial charge in [0.2, 0.25) is 5.91 Å². The topological polar surface area (TPSA) is 58.1 Å². The number of rotatable bonds is 4. The van der Waals surface area contributed by atoms with Gasteiger partial charge in [-0.15, -0.1) is 0 Å².